The molecule has 0 N–H and O–H groups in total. The van der Waals surface area contributed by atoms with E-state index in [1.807, 2.05) is 4.74 Å². The van der Waals surface area contributed by atoms with Gasteiger partial charge in [-0.25, -0.2) is 0 Å². The topological polar surface area (TPSA) is 38.8 Å². The zero-order valence-corrected chi connectivity index (χ0v) is 16.0. The summed E-state index contributed by atoms with van der Waals surface area (Å²) in [5.41, 5.74) is 0. The molecule has 0 radical (unpaired) electrons. The van der Waals surface area contributed by atoms with E-state index in [4.69, 9.17) is 0 Å². The smallest absolute Gasteiger partial charge is 0.338 e. The lowest BCUT2D eigenvalue weighted by Crippen LogP contribution is -2.69. The molecule has 0 aromatic rings. The van der Waals surface area contributed by atoms with Crippen LogP contribution in [0, 0.1) is 0 Å². The Morgan fingerprint density at radius 2 is 0.971 bits per heavy atom. The van der Waals surface area contributed by atoms with Gasteiger partial charge in [0.15, 0.2) is 0 Å². The van der Waals surface area contributed by atoms with Gasteiger partial charge in [-0.2, -0.15) is 74.6 Å². The summed E-state index contributed by atoms with van der Waals surface area (Å²) in [7, 11) is 0. The average Bonchev–Trinajstić information content (AvgIpc) is 2.58. The van der Waals surface area contributed by atoms with Crippen LogP contribution in [-0.2, 0) is 14.3 Å². The number of likely N-dealkylation sites (N-methyl/N-ethyl adjacent to an activating group) is 1. The molecule has 0 aromatic carbocycles. The van der Waals surface area contributed by atoms with Crippen LogP contribution in [0.15, 0.2) is 0 Å². The number of rotatable bonds is 9. The van der Waals surface area contributed by atoms with Crippen LogP contribution in [0.25, 0.3) is 0 Å². The van der Waals surface area contributed by atoms with Gasteiger partial charge < -0.3 is 4.90 Å². The summed E-state index contributed by atoms with van der Waals surface area (Å²) < 4.78 is 224. The van der Waals surface area contributed by atoms with Crippen molar-refractivity contribution in [3.63, 3.8) is 0 Å². The molecule has 204 valence electrons. The number of carbonyl (C=O) groups is 1. The summed E-state index contributed by atoms with van der Waals surface area (Å²) in [6.07, 6.45) is -38.3. The van der Waals surface area contributed by atoms with Crippen LogP contribution in [0.5, 0.6) is 0 Å². The van der Waals surface area contributed by atoms with Crippen LogP contribution in [0.3, 0.4) is 0 Å². The van der Waals surface area contributed by atoms with Gasteiger partial charge in [0.2, 0.25) is 0 Å². The van der Waals surface area contributed by atoms with Crippen LogP contribution in [-0.4, -0.2) is 72.3 Å². The Kier molecular flexibility index (Phi) is 8.53. The number of halogens is 17. The first-order valence-corrected chi connectivity index (χ1v) is 8.00. The highest BCUT2D eigenvalue weighted by Gasteiger charge is 2.85. The molecule has 0 saturated heterocycles. The lowest BCUT2D eigenvalue weighted by Gasteiger charge is -2.40. The molecular weight excluding hydrogens is 541 g/mol. The van der Waals surface area contributed by atoms with Crippen molar-refractivity contribution in [3.05, 3.63) is 0 Å². The summed E-state index contributed by atoms with van der Waals surface area (Å²) >= 11 is 0. The lowest BCUT2D eigenvalue weighted by molar-refractivity contribution is -0.548. The maximum absolute atomic E-state index is 14.3. The van der Waals surface area contributed by atoms with Crippen molar-refractivity contribution in [2.75, 3.05) is 13.1 Å². The Hall–Kier alpha value is -1.80. The molecule has 1 amide bonds. The van der Waals surface area contributed by atoms with E-state index in [0.717, 1.165) is 13.8 Å². The van der Waals surface area contributed by atoms with Crippen molar-refractivity contribution in [1.29, 1.82) is 0 Å². The third-order valence-electron chi connectivity index (χ3n) is 3.69. The number of nitrogens with zero attached hydrogens (tertiary/aromatic N) is 1. The highest BCUT2D eigenvalue weighted by atomic mass is 19.4. The molecule has 0 rings (SSSR count). The Morgan fingerprint density at radius 3 is 1.24 bits per heavy atom. The molecule has 0 unspecified atom stereocenters. The number of carbonyl (C=O) groups excluding carboxylic acids is 1. The Morgan fingerprint density at radius 1 is 0.588 bits per heavy atom. The molecule has 0 aromatic heterocycles. The molecular formula is C13H10F17NO3. The van der Waals surface area contributed by atoms with E-state index in [-0.39, 0.29) is 4.90 Å². The quantitative estimate of drug-likeness (QED) is 0.344. The third kappa shape index (κ3) is 5.38. The summed E-state index contributed by atoms with van der Waals surface area (Å²) in [5, 5.41) is 0. The van der Waals surface area contributed by atoms with Crippen LogP contribution in [0.4, 0.5) is 74.6 Å². The van der Waals surface area contributed by atoms with Gasteiger partial charge in [0.25, 0.3) is 5.91 Å². The van der Waals surface area contributed by atoms with Crippen LogP contribution < -0.4 is 0 Å². The van der Waals surface area contributed by atoms with E-state index in [9.17, 15) is 79.4 Å². The summed E-state index contributed by atoms with van der Waals surface area (Å²) in [5.74, 6) is -25.8. The number of hydrogen-bond donors (Lipinski definition) is 0. The largest absolute Gasteiger partial charge is 0.462 e. The van der Waals surface area contributed by atoms with Gasteiger partial charge in [-0.15, -0.1) is 0 Å². The fourth-order valence-electron chi connectivity index (χ4n) is 1.87. The van der Waals surface area contributed by atoms with Crippen LogP contribution >= 0.6 is 0 Å². The van der Waals surface area contributed by atoms with Crippen molar-refractivity contribution in [3.8, 4) is 0 Å². The second-order valence-corrected chi connectivity index (χ2v) is 5.97. The summed E-state index contributed by atoms with van der Waals surface area (Å²) in [6.45, 7) is -0.459. The molecule has 2 atom stereocenters. The maximum atomic E-state index is 14.3. The number of alkyl halides is 17. The zero-order chi connectivity index (χ0) is 28.0. The van der Waals surface area contributed by atoms with Crippen LogP contribution in [0.1, 0.15) is 13.8 Å². The number of amides is 1. The van der Waals surface area contributed by atoms with Crippen molar-refractivity contribution < 1.29 is 88.9 Å². The van der Waals surface area contributed by atoms with E-state index in [1.165, 1.54) is 4.74 Å². The Balaban J connectivity index is 6.85. The minimum absolute atomic E-state index is 0.371. The highest BCUT2D eigenvalue weighted by molar-refractivity contribution is 5.84. The van der Waals surface area contributed by atoms with E-state index >= 15 is 0 Å². The molecule has 0 bridgehead atoms. The van der Waals surface area contributed by atoms with E-state index in [1.54, 1.807) is 0 Å². The normalized spacial score (nSPS) is 18.3. The minimum atomic E-state index is -8.01. The predicted molar refractivity (Wildman–Crippen MR) is 70.8 cm³/mol. The molecule has 0 aliphatic rings. The standard InChI is InChI=1S/C13H10F17NO3/c1-3-31(4-2)5(32)6(14,9(18,19)20)33-13(29,30)8(17,11(24,25)26)34-12(27,28)7(15,16)10(21,22)23/h3-4H2,1-2H3/t6-,8-/m0/s1. The first-order chi connectivity index (χ1) is 14.6. The van der Waals surface area contributed by atoms with Gasteiger partial charge in [-0.05, 0) is 13.8 Å². The molecule has 0 spiro atoms. The number of ether oxygens (including phenoxy) is 2. The fourth-order valence-corrected chi connectivity index (χ4v) is 1.87. The van der Waals surface area contributed by atoms with Gasteiger partial charge in [0, 0.05) is 13.1 Å². The van der Waals surface area contributed by atoms with Gasteiger partial charge in [-0.3, -0.25) is 14.3 Å². The molecule has 0 heterocycles. The minimum Gasteiger partial charge on any atom is -0.338 e. The Bertz CT molecular complexity index is 726. The highest BCUT2D eigenvalue weighted by Crippen LogP contribution is 2.56. The van der Waals surface area contributed by atoms with E-state index in [2.05, 4.69) is 0 Å². The van der Waals surface area contributed by atoms with Crippen LogP contribution in [0.2, 0.25) is 0 Å². The van der Waals surface area contributed by atoms with Crippen molar-refractivity contribution in [1.82, 2.24) is 4.90 Å². The molecule has 0 aliphatic carbocycles. The molecule has 34 heavy (non-hydrogen) atoms. The maximum Gasteiger partial charge on any atom is 0.462 e. The molecule has 0 saturated carbocycles. The van der Waals surface area contributed by atoms with Gasteiger partial charge >= 0.3 is 48.4 Å². The molecule has 0 fully saturated rings. The second-order valence-electron chi connectivity index (χ2n) is 5.97. The summed E-state index contributed by atoms with van der Waals surface area (Å²) in [4.78, 5) is 11.2. The lowest BCUT2D eigenvalue weighted by atomic mass is 10.2. The molecule has 4 nitrogen and oxygen atoms in total. The van der Waals surface area contributed by atoms with Gasteiger partial charge in [-0.1, -0.05) is 0 Å². The van der Waals surface area contributed by atoms with Gasteiger partial charge in [0.05, 0.1) is 0 Å². The van der Waals surface area contributed by atoms with E-state index in [0.29, 0.717) is 0 Å². The third-order valence-corrected chi connectivity index (χ3v) is 3.69. The first-order valence-electron chi connectivity index (χ1n) is 8.00. The van der Waals surface area contributed by atoms with Gasteiger partial charge in [0.1, 0.15) is 0 Å². The number of hydrogen-bond acceptors (Lipinski definition) is 3. The average molecular weight is 551 g/mol. The fraction of sp³-hybridized carbons (Fsp3) is 0.923. The summed E-state index contributed by atoms with van der Waals surface area (Å²) in [6, 6.07) is 0. The van der Waals surface area contributed by atoms with Crippen molar-refractivity contribution >= 4 is 5.91 Å². The van der Waals surface area contributed by atoms with Crippen molar-refractivity contribution in [2.45, 2.75) is 62.2 Å². The zero-order valence-electron chi connectivity index (χ0n) is 16.0. The Labute approximate surface area is 176 Å². The molecule has 0 aliphatic heterocycles. The monoisotopic (exact) mass is 551 g/mol. The predicted octanol–water partition coefficient (Wildman–Crippen LogP) is 5.73. The van der Waals surface area contributed by atoms with E-state index < -0.39 is 67.4 Å². The van der Waals surface area contributed by atoms with Crippen molar-refractivity contribution in [2.24, 2.45) is 0 Å². The first kappa shape index (κ1) is 32.2. The second kappa shape index (κ2) is 9.01. The SMILES string of the molecule is CCN(CC)C(=O)[C@](F)(OC(F)(F)[C@@](F)(OC(F)(F)C(F)(F)C(F)(F)F)C(F)(F)F)C(F)(F)F. The molecule has 21 heteroatoms.